The second-order valence-corrected chi connectivity index (χ2v) is 5.43. The molecule has 0 saturated carbocycles. The number of rotatable bonds is 2. The van der Waals surface area contributed by atoms with Crippen LogP contribution in [0.2, 0.25) is 0 Å². The first-order valence-electron chi connectivity index (χ1n) is 4.30. The first-order chi connectivity index (χ1) is 5.41. The standard InChI is InChI=1S/C9H19F3N/c1-8(2,3)6-13(4,5)7-9(10,11)12/h6-7H2,1-5H3/q+1. The van der Waals surface area contributed by atoms with Gasteiger partial charge in [0.1, 0.15) is 0 Å². The highest BCUT2D eigenvalue weighted by Crippen LogP contribution is 2.24. The highest BCUT2D eigenvalue weighted by atomic mass is 19.4. The molecule has 0 N–H and O–H groups in total. The molecule has 13 heavy (non-hydrogen) atoms. The van der Waals surface area contributed by atoms with Gasteiger partial charge in [0.2, 0.25) is 0 Å². The topological polar surface area (TPSA) is 0 Å². The minimum Gasteiger partial charge on any atom is -0.321 e. The lowest BCUT2D eigenvalue weighted by molar-refractivity contribution is -0.906. The van der Waals surface area contributed by atoms with Gasteiger partial charge in [0.15, 0.2) is 6.54 Å². The van der Waals surface area contributed by atoms with Gasteiger partial charge >= 0.3 is 6.18 Å². The fraction of sp³-hybridized carbons (Fsp3) is 1.00. The van der Waals surface area contributed by atoms with Crippen molar-refractivity contribution in [2.75, 3.05) is 27.2 Å². The van der Waals surface area contributed by atoms with Gasteiger partial charge in [0.25, 0.3) is 0 Å². The average Bonchev–Trinajstić information content (AvgIpc) is 1.43. The fourth-order valence-corrected chi connectivity index (χ4v) is 1.83. The van der Waals surface area contributed by atoms with Crippen LogP contribution in [0.1, 0.15) is 20.8 Å². The summed E-state index contributed by atoms with van der Waals surface area (Å²) in [6.45, 7) is 5.60. The van der Waals surface area contributed by atoms with Crippen molar-refractivity contribution in [1.82, 2.24) is 0 Å². The Hall–Kier alpha value is -0.250. The number of halogens is 3. The van der Waals surface area contributed by atoms with Crippen molar-refractivity contribution in [3.63, 3.8) is 0 Å². The van der Waals surface area contributed by atoms with E-state index in [1.54, 1.807) is 14.1 Å². The zero-order valence-electron chi connectivity index (χ0n) is 9.00. The Morgan fingerprint density at radius 1 is 0.923 bits per heavy atom. The van der Waals surface area contributed by atoms with Crippen molar-refractivity contribution in [3.05, 3.63) is 0 Å². The van der Waals surface area contributed by atoms with Crippen LogP contribution < -0.4 is 0 Å². The molecule has 0 rings (SSSR count). The fourth-order valence-electron chi connectivity index (χ4n) is 1.83. The monoisotopic (exact) mass is 198 g/mol. The van der Waals surface area contributed by atoms with Crippen LogP contribution >= 0.6 is 0 Å². The van der Waals surface area contributed by atoms with Crippen LogP contribution in [0.5, 0.6) is 0 Å². The van der Waals surface area contributed by atoms with E-state index >= 15 is 0 Å². The van der Waals surface area contributed by atoms with Gasteiger partial charge in [0, 0.05) is 5.41 Å². The van der Waals surface area contributed by atoms with Crippen LogP contribution in [0, 0.1) is 5.41 Å². The van der Waals surface area contributed by atoms with Crippen molar-refractivity contribution in [1.29, 1.82) is 0 Å². The molecule has 0 bridgehead atoms. The van der Waals surface area contributed by atoms with Crippen LogP contribution in [-0.4, -0.2) is 37.8 Å². The van der Waals surface area contributed by atoms with Crippen LogP contribution in [0.3, 0.4) is 0 Å². The lowest BCUT2D eigenvalue weighted by atomic mass is 9.95. The maximum atomic E-state index is 12.1. The van der Waals surface area contributed by atoms with Crippen molar-refractivity contribution in [2.45, 2.75) is 26.9 Å². The number of nitrogens with zero attached hydrogens (tertiary/aromatic N) is 1. The van der Waals surface area contributed by atoms with Crippen molar-refractivity contribution in [3.8, 4) is 0 Å². The zero-order valence-corrected chi connectivity index (χ0v) is 9.00. The molecular weight excluding hydrogens is 179 g/mol. The molecule has 0 amide bonds. The molecule has 0 radical (unpaired) electrons. The molecular formula is C9H19F3N+. The molecule has 0 aliphatic carbocycles. The summed E-state index contributed by atoms with van der Waals surface area (Å²) >= 11 is 0. The molecule has 0 heterocycles. The summed E-state index contributed by atoms with van der Waals surface area (Å²) in [5.41, 5.74) is -0.0747. The predicted octanol–water partition coefficient (Wildman–Crippen LogP) is 2.67. The summed E-state index contributed by atoms with van der Waals surface area (Å²) in [6, 6.07) is 0. The molecule has 1 nitrogen and oxygen atoms in total. The summed E-state index contributed by atoms with van der Waals surface area (Å²) in [6.07, 6.45) is -4.07. The Balaban J connectivity index is 4.25. The summed E-state index contributed by atoms with van der Waals surface area (Å²) in [5.74, 6) is 0. The minimum atomic E-state index is -4.07. The lowest BCUT2D eigenvalue weighted by Gasteiger charge is -2.36. The maximum Gasteiger partial charge on any atom is 0.438 e. The molecule has 0 aromatic heterocycles. The number of hydrogen-bond donors (Lipinski definition) is 0. The summed E-state index contributed by atoms with van der Waals surface area (Å²) in [4.78, 5) is 0. The van der Waals surface area contributed by atoms with Crippen LogP contribution in [-0.2, 0) is 0 Å². The molecule has 0 aromatic rings. The second-order valence-electron chi connectivity index (χ2n) is 5.43. The molecule has 0 aliphatic rings. The largest absolute Gasteiger partial charge is 0.438 e. The number of quaternary nitrogens is 1. The quantitative estimate of drug-likeness (QED) is 0.598. The molecule has 0 spiro atoms. The average molecular weight is 198 g/mol. The second kappa shape index (κ2) is 3.48. The van der Waals surface area contributed by atoms with Gasteiger partial charge in [0.05, 0.1) is 20.6 Å². The highest BCUT2D eigenvalue weighted by molar-refractivity contribution is 4.60. The Labute approximate surface area is 78.1 Å². The zero-order chi connectivity index (χ0) is 10.9. The van der Waals surface area contributed by atoms with E-state index in [4.69, 9.17) is 0 Å². The molecule has 0 atom stereocenters. The smallest absolute Gasteiger partial charge is 0.321 e. The summed E-state index contributed by atoms with van der Waals surface area (Å²) in [7, 11) is 3.22. The highest BCUT2D eigenvalue weighted by Gasteiger charge is 2.38. The molecule has 0 aromatic carbocycles. The van der Waals surface area contributed by atoms with Crippen molar-refractivity contribution in [2.24, 2.45) is 5.41 Å². The Morgan fingerprint density at radius 2 is 1.31 bits per heavy atom. The van der Waals surface area contributed by atoms with E-state index in [0.29, 0.717) is 6.54 Å². The molecule has 0 saturated heterocycles. The van der Waals surface area contributed by atoms with Gasteiger partial charge in [-0.25, -0.2) is 0 Å². The number of alkyl halides is 3. The van der Waals surface area contributed by atoms with Crippen LogP contribution in [0.15, 0.2) is 0 Å². The van der Waals surface area contributed by atoms with E-state index in [1.807, 2.05) is 20.8 Å². The van der Waals surface area contributed by atoms with E-state index < -0.39 is 12.7 Å². The van der Waals surface area contributed by atoms with E-state index in [1.165, 1.54) is 0 Å². The molecule has 4 heteroatoms. The molecule has 80 valence electrons. The van der Waals surface area contributed by atoms with Gasteiger partial charge in [-0.05, 0) is 0 Å². The van der Waals surface area contributed by atoms with E-state index in [-0.39, 0.29) is 9.90 Å². The van der Waals surface area contributed by atoms with Gasteiger partial charge < -0.3 is 4.48 Å². The molecule has 0 aliphatic heterocycles. The maximum absolute atomic E-state index is 12.1. The van der Waals surface area contributed by atoms with Crippen LogP contribution in [0.4, 0.5) is 13.2 Å². The molecule has 0 fully saturated rings. The Morgan fingerprint density at radius 3 is 1.54 bits per heavy atom. The third-order valence-electron chi connectivity index (χ3n) is 1.51. The van der Waals surface area contributed by atoms with Crippen LogP contribution in [0.25, 0.3) is 0 Å². The van der Waals surface area contributed by atoms with Crippen molar-refractivity contribution >= 4 is 0 Å². The first kappa shape index (κ1) is 12.8. The third kappa shape index (κ3) is 8.09. The third-order valence-corrected chi connectivity index (χ3v) is 1.51. The van der Waals surface area contributed by atoms with E-state index in [0.717, 1.165) is 0 Å². The van der Waals surface area contributed by atoms with E-state index in [2.05, 4.69) is 0 Å². The molecule has 0 unspecified atom stereocenters. The normalized spacial score (nSPS) is 14.8. The Kier molecular flexibility index (Phi) is 3.41. The van der Waals surface area contributed by atoms with Gasteiger partial charge in [-0.15, -0.1) is 0 Å². The summed E-state index contributed by atoms with van der Waals surface area (Å²) in [5, 5.41) is 0. The summed E-state index contributed by atoms with van der Waals surface area (Å²) < 4.78 is 36.3. The predicted molar refractivity (Wildman–Crippen MR) is 47.4 cm³/mol. The Bertz CT molecular complexity index is 147. The number of hydrogen-bond acceptors (Lipinski definition) is 0. The SMILES string of the molecule is CC(C)(C)C[N+](C)(C)CC(F)(F)F. The first-order valence-corrected chi connectivity index (χ1v) is 4.30. The van der Waals surface area contributed by atoms with Crippen molar-refractivity contribution < 1.29 is 17.7 Å². The lowest BCUT2D eigenvalue weighted by Crippen LogP contribution is -2.50. The van der Waals surface area contributed by atoms with Gasteiger partial charge in [-0.1, -0.05) is 20.8 Å². The minimum absolute atomic E-state index is 0.00694. The van der Waals surface area contributed by atoms with Gasteiger partial charge in [-0.2, -0.15) is 13.2 Å². The van der Waals surface area contributed by atoms with E-state index in [9.17, 15) is 13.2 Å². The van der Waals surface area contributed by atoms with Gasteiger partial charge in [-0.3, -0.25) is 0 Å².